The number of hydrogen-bond acceptors (Lipinski definition) is 6. The third kappa shape index (κ3) is 5.40. The highest BCUT2D eigenvalue weighted by Gasteiger charge is 2.18. The smallest absolute Gasteiger partial charge is 0.332 e. The number of para-hydroxylation sites is 3. The summed E-state index contributed by atoms with van der Waals surface area (Å²) in [4.78, 5) is 55.7. The number of pyridine rings is 1. The van der Waals surface area contributed by atoms with Crippen LogP contribution in [-0.2, 0) is 22.7 Å². The number of methoxy groups -OCH3 is 1. The first-order valence-electron chi connectivity index (χ1n) is 10.5. The highest BCUT2D eigenvalue weighted by atomic mass is 35.5. The molecule has 0 aliphatic rings. The van der Waals surface area contributed by atoms with Crippen LogP contribution in [-0.4, -0.2) is 33.0 Å². The topological polar surface area (TPSA) is 124 Å². The van der Waals surface area contributed by atoms with Crippen LogP contribution in [0.15, 0.2) is 70.3 Å². The number of carbonyl (C=O) groups excluding carboxylic acids is 2. The van der Waals surface area contributed by atoms with Gasteiger partial charge in [0.25, 0.3) is 5.56 Å². The number of ether oxygens (including phenoxy) is 1. The van der Waals surface area contributed by atoms with Crippen molar-refractivity contribution in [3.8, 4) is 5.75 Å². The molecule has 10 nitrogen and oxygen atoms in total. The maximum Gasteiger partial charge on any atom is 0.332 e. The van der Waals surface area contributed by atoms with Crippen molar-refractivity contribution >= 4 is 57.3 Å². The lowest BCUT2D eigenvalue weighted by atomic mass is 10.2. The SMILES string of the molecule is COc1ccccc1NC(=O)Cn1c(=O)c2ccccc2n(CC(=O)Nc2cc(Cl)nc(Cl)c2)c1=O. The maximum absolute atomic E-state index is 13.3. The van der Waals surface area contributed by atoms with E-state index >= 15 is 0 Å². The molecule has 0 bridgehead atoms. The number of amides is 2. The summed E-state index contributed by atoms with van der Waals surface area (Å²) >= 11 is 11.7. The summed E-state index contributed by atoms with van der Waals surface area (Å²) in [6.07, 6.45) is 0. The molecule has 0 saturated heterocycles. The molecule has 2 amide bonds. The van der Waals surface area contributed by atoms with Crippen LogP contribution in [0.3, 0.4) is 0 Å². The molecule has 4 rings (SSSR count). The van der Waals surface area contributed by atoms with E-state index in [-0.39, 0.29) is 26.9 Å². The van der Waals surface area contributed by atoms with Crippen molar-refractivity contribution in [1.82, 2.24) is 14.1 Å². The zero-order valence-electron chi connectivity index (χ0n) is 18.8. The molecule has 4 aromatic rings. The molecule has 2 aromatic heterocycles. The summed E-state index contributed by atoms with van der Waals surface area (Å²) < 4.78 is 7.11. The van der Waals surface area contributed by atoms with Gasteiger partial charge in [-0.25, -0.2) is 9.78 Å². The van der Waals surface area contributed by atoms with Crippen LogP contribution in [0, 0.1) is 0 Å². The van der Waals surface area contributed by atoms with E-state index in [0.29, 0.717) is 11.4 Å². The van der Waals surface area contributed by atoms with Crippen molar-refractivity contribution in [1.29, 1.82) is 0 Å². The van der Waals surface area contributed by atoms with Crippen LogP contribution >= 0.6 is 23.2 Å². The lowest BCUT2D eigenvalue weighted by Gasteiger charge is -2.15. The molecular weight excluding hydrogens is 509 g/mol. The molecule has 2 N–H and O–H groups in total. The fraction of sp³-hybridized carbons (Fsp3) is 0.125. The Bertz CT molecular complexity index is 1580. The number of halogens is 2. The number of hydrogen-bond donors (Lipinski definition) is 2. The molecule has 0 spiro atoms. The Labute approximate surface area is 214 Å². The summed E-state index contributed by atoms with van der Waals surface area (Å²) in [5.74, 6) is -0.780. The monoisotopic (exact) mass is 527 g/mol. The molecule has 0 atom stereocenters. The summed E-state index contributed by atoms with van der Waals surface area (Å²) in [6, 6.07) is 15.8. The van der Waals surface area contributed by atoms with Crippen molar-refractivity contribution in [2.24, 2.45) is 0 Å². The van der Waals surface area contributed by atoms with Crippen LogP contribution in [0.25, 0.3) is 10.9 Å². The summed E-state index contributed by atoms with van der Waals surface area (Å²) in [7, 11) is 1.45. The van der Waals surface area contributed by atoms with E-state index in [1.807, 2.05) is 0 Å². The number of anilines is 2. The fourth-order valence-electron chi connectivity index (χ4n) is 3.63. The Morgan fingerprint density at radius 1 is 0.889 bits per heavy atom. The lowest BCUT2D eigenvalue weighted by molar-refractivity contribution is -0.117. The Kier molecular flexibility index (Phi) is 7.37. The minimum absolute atomic E-state index is 0.0787. The molecule has 2 heterocycles. The molecule has 0 aliphatic carbocycles. The Morgan fingerprint density at radius 3 is 2.22 bits per heavy atom. The van der Waals surface area contributed by atoms with Gasteiger partial charge in [-0.05, 0) is 36.4 Å². The maximum atomic E-state index is 13.3. The van der Waals surface area contributed by atoms with Gasteiger partial charge in [0, 0.05) is 5.69 Å². The van der Waals surface area contributed by atoms with Gasteiger partial charge in [0.15, 0.2) is 0 Å². The van der Waals surface area contributed by atoms with Crippen LogP contribution in [0.1, 0.15) is 0 Å². The zero-order valence-corrected chi connectivity index (χ0v) is 20.3. The minimum atomic E-state index is -0.824. The third-order valence-electron chi connectivity index (χ3n) is 5.16. The quantitative estimate of drug-likeness (QED) is 0.355. The number of rotatable bonds is 7. The fourth-order valence-corrected chi connectivity index (χ4v) is 4.09. The largest absolute Gasteiger partial charge is 0.495 e. The van der Waals surface area contributed by atoms with Crippen molar-refractivity contribution in [3.05, 3.63) is 91.8 Å². The highest BCUT2D eigenvalue weighted by Crippen LogP contribution is 2.23. The second-order valence-corrected chi connectivity index (χ2v) is 8.35. The van der Waals surface area contributed by atoms with Crippen LogP contribution in [0.4, 0.5) is 11.4 Å². The molecule has 36 heavy (non-hydrogen) atoms. The number of carbonyl (C=O) groups is 2. The van der Waals surface area contributed by atoms with Gasteiger partial charge in [-0.3, -0.25) is 23.5 Å². The number of aromatic nitrogens is 3. The molecule has 0 aliphatic heterocycles. The highest BCUT2D eigenvalue weighted by molar-refractivity contribution is 6.33. The Hall–Kier alpha value is -4.15. The molecule has 0 fully saturated rings. The summed E-state index contributed by atoms with van der Waals surface area (Å²) in [5, 5.41) is 5.56. The second kappa shape index (κ2) is 10.6. The van der Waals surface area contributed by atoms with E-state index in [1.54, 1.807) is 42.5 Å². The first-order chi connectivity index (χ1) is 17.3. The van der Waals surface area contributed by atoms with Crippen molar-refractivity contribution < 1.29 is 14.3 Å². The van der Waals surface area contributed by atoms with Gasteiger partial charge in [0.2, 0.25) is 11.8 Å². The number of fused-ring (bicyclic) bond motifs is 1. The Morgan fingerprint density at radius 2 is 1.50 bits per heavy atom. The first-order valence-corrected chi connectivity index (χ1v) is 11.3. The van der Waals surface area contributed by atoms with Crippen LogP contribution in [0.5, 0.6) is 5.75 Å². The van der Waals surface area contributed by atoms with Gasteiger partial charge < -0.3 is 15.4 Å². The second-order valence-electron chi connectivity index (χ2n) is 7.58. The number of benzene rings is 2. The van der Waals surface area contributed by atoms with Crippen LogP contribution < -0.4 is 26.6 Å². The molecular formula is C24H19Cl2N5O5. The number of nitrogens with one attached hydrogen (secondary N) is 2. The third-order valence-corrected chi connectivity index (χ3v) is 5.55. The molecule has 0 unspecified atom stereocenters. The minimum Gasteiger partial charge on any atom is -0.495 e. The van der Waals surface area contributed by atoms with Gasteiger partial charge in [-0.1, -0.05) is 47.5 Å². The predicted octanol–water partition coefficient (Wildman–Crippen LogP) is 3.15. The van der Waals surface area contributed by atoms with Gasteiger partial charge >= 0.3 is 5.69 Å². The van der Waals surface area contributed by atoms with E-state index in [1.165, 1.54) is 25.3 Å². The summed E-state index contributed by atoms with van der Waals surface area (Å²) in [6.45, 7) is -1.01. The zero-order chi connectivity index (χ0) is 25.8. The standard InChI is InChI=1S/C24H19Cl2N5O5/c1-36-18-9-5-3-7-16(18)28-22(33)13-31-23(34)15-6-2-4-8-17(15)30(24(31)35)12-21(32)27-14-10-19(25)29-20(26)11-14/h2-11H,12-13H2,1H3,(H,28,33)(H,27,29,32). The van der Waals surface area contributed by atoms with E-state index in [0.717, 1.165) is 9.13 Å². The van der Waals surface area contributed by atoms with E-state index in [2.05, 4.69) is 15.6 Å². The van der Waals surface area contributed by atoms with Gasteiger partial charge in [-0.2, -0.15) is 0 Å². The van der Waals surface area contributed by atoms with Crippen LogP contribution in [0.2, 0.25) is 10.3 Å². The van der Waals surface area contributed by atoms with Gasteiger partial charge in [-0.15, -0.1) is 0 Å². The molecule has 0 radical (unpaired) electrons. The number of nitrogens with zero attached hydrogens (tertiary/aromatic N) is 3. The van der Waals surface area contributed by atoms with E-state index in [4.69, 9.17) is 27.9 Å². The average Bonchev–Trinajstić information content (AvgIpc) is 2.84. The Balaban J connectivity index is 1.67. The van der Waals surface area contributed by atoms with Gasteiger partial charge in [0.05, 0.1) is 23.7 Å². The molecule has 0 saturated carbocycles. The molecule has 12 heteroatoms. The lowest BCUT2D eigenvalue weighted by Crippen LogP contribution is -2.44. The van der Waals surface area contributed by atoms with Crippen molar-refractivity contribution in [2.75, 3.05) is 17.7 Å². The van der Waals surface area contributed by atoms with Crippen molar-refractivity contribution in [3.63, 3.8) is 0 Å². The molecule has 2 aromatic carbocycles. The van der Waals surface area contributed by atoms with E-state index in [9.17, 15) is 19.2 Å². The average molecular weight is 528 g/mol. The predicted molar refractivity (Wildman–Crippen MR) is 137 cm³/mol. The summed E-state index contributed by atoms with van der Waals surface area (Å²) in [5.41, 5.74) is -0.570. The normalized spacial score (nSPS) is 10.8. The first kappa shape index (κ1) is 25.0. The molecule has 184 valence electrons. The van der Waals surface area contributed by atoms with Crippen molar-refractivity contribution in [2.45, 2.75) is 13.1 Å². The van der Waals surface area contributed by atoms with E-state index < -0.39 is 36.2 Å². The van der Waals surface area contributed by atoms with Gasteiger partial charge in [0.1, 0.15) is 29.1 Å².